The minimum absolute atomic E-state index is 0.0189. The first-order chi connectivity index (χ1) is 16.7. The monoisotopic (exact) mass is 493 g/mol. The van der Waals surface area contributed by atoms with Gasteiger partial charge < -0.3 is 20.5 Å². The van der Waals surface area contributed by atoms with Gasteiger partial charge in [0.2, 0.25) is 5.91 Å². The van der Waals surface area contributed by atoms with Gasteiger partial charge in [-0.2, -0.15) is 0 Å². The molecule has 9 heteroatoms. The number of carbonyl (C=O) groups excluding carboxylic acids is 2. The molecule has 0 atom stereocenters. The molecule has 0 bridgehead atoms. The van der Waals surface area contributed by atoms with Crippen LogP contribution in [0.2, 0.25) is 0 Å². The average molecular weight is 494 g/mol. The lowest BCUT2D eigenvalue weighted by molar-refractivity contribution is -0.121. The van der Waals surface area contributed by atoms with E-state index < -0.39 is 17.6 Å². The predicted octanol–water partition coefficient (Wildman–Crippen LogP) is 4.56. The van der Waals surface area contributed by atoms with Crippen LogP contribution in [-0.4, -0.2) is 40.2 Å². The van der Waals surface area contributed by atoms with E-state index in [4.69, 9.17) is 9.84 Å². The lowest BCUT2D eigenvalue weighted by Crippen LogP contribution is -2.44. The second kappa shape index (κ2) is 10.3. The lowest BCUT2D eigenvalue weighted by Gasteiger charge is -2.26. The number of alkyl carbamates (subject to hydrolysis) is 1. The quantitative estimate of drug-likeness (QED) is 0.402. The van der Waals surface area contributed by atoms with Gasteiger partial charge in [0.25, 0.3) is 0 Å². The van der Waals surface area contributed by atoms with Gasteiger partial charge in [-0.1, -0.05) is 48.5 Å². The number of carbonyl (C=O) groups is 3. The Balaban J connectivity index is 1.25. The van der Waals surface area contributed by atoms with Crippen LogP contribution >= 0.6 is 11.3 Å². The molecular weight excluding hydrogens is 466 g/mol. The van der Waals surface area contributed by atoms with Crippen LogP contribution in [0.3, 0.4) is 0 Å². The number of rotatable bonds is 9. The van der Waals surface area contributed by atoms with Crippen molar-refractivity contribution < 1.29 is 24.2 Å². The number of amides is 2. The minimum atomic E-state index is -1.10. The average Bonchev–Trinajstić information content (AvgIpc) is 3.43. The molecule has 0 radical (unpaired) electrons. The van der Waals surface area contributed by atoms with Crippen molar-refractivity contribution in [3.8, 4) is 11.1 Å². The molecule has 4 rings (SSSR count). The first-order valence-electron chi connectivity index (χ1n) is 11.3. The van der Waals surface area contributed by atoms with Crippen molar-refractivity contribution in [2.45, 2.75) is 44.7 Å². The normalized spacial score (nSPS) is 12.5. The molecule has 2 aromatic carbocycles. The predicted molar refractivity (Wildman–Crippen MR) is 132 cm³/mol. The molecule has 35 heavy (non-hydrogen) atoms. The number of thiazole rings is 1. The number of benzene rings is 2. The summed E-state index contributed by atoms with van der Waals surface area (Å²) in [4.78, 5) is 39.6. The van der Waals surface area contributed by atoms with Gasteiger partial charge in [-0.3, -0.25) is 4.79 Å². The third kappa shape index (κ3) is 5.86. The highest BCUT2D eigenvalue weighted by atomic mass is 32.1. The molecule has 1 heterocycles. The third-order valence-electron chi connectivity index (χ3n) is 5.97. The summed E-state index contributed by atoms with van der Waals surface area (Å²) in [6.07, 6.45) is 0.0657. The first-order valence-corrected chi connectivity index (χ1v) is 12.2. The van der Waals surface area contributed by atoms with Crippen LogP contribution in [0.15, 0.2) is 53.9 Å². The maximum Gasteiger partial charge on any atom is 0.407 e. The van der Waals surface area contributed by atoms with Crippen molar-refractivity contribution in [3.05, 3.63) is 75.7 Å². The van der Waals surface area contributed by atoms with Gasteiger partial charge in [-0.25, -0.2) is 14.6 Å². The zero-order chi connectivity index (χ0) is 25.0. The standard InChI is InChI=1S/C26H27N3O5S/c1-26(2,12-11-22(30)27-13-23-28-21(15-35-23)24(31)32)29-25(33)34-14-20-18-9-5-3-7-16(18)17-8-4-6-10-19(17)20/h3-10,15,20H,11-14H2,1-2H3,(H,27,30)(H,29,33)(H,31,32). The second-order valence-electron chi connectivity index (χ2n) is 9.04. The van der Waals surface area contributed by atoms with Crippen molar-refractivity contribution >= 4 is 29.3 Å². The Hall–Kier alpha value is -3.72. The zero-order valence-electron chi connectivity index (χ0n) is 19.5. The van der Waals surface area contributed by atoms with Crippen LogP contribution < -0.4 is 10.6 Å². The highest BCUT2D eigenvalue weighted by Gasteiger charge is 2.30. The molecule has 8 nitrogen and oxygen atoms in total. The highest BCUT2D eigenvalue weighted by molar-refractivity contribution is 7.09. The molecule has 1 aliphatic carbocycles. The van der Waals surface area contributed by atoms with Crippen molar-refractivity contribution in [2.75, 3.05) is 6.61 Å². The van der Waals surface area contributed by atoms with E-state index in [1.54, 1.807) is 0 Å². The van der Waals surface area contributed by atoms with Crippen LogP contribution in [0.1, 0.15) is 59.2 Å². The van der Waals surface area contributed by atoms with Crippen LogP contribution in [0.5, 0.6) is 0 Å². The Morgan fingerprint density at radius 3 is 2.29 bits per heavy atom. The van der Waals surface area contributed by atoms with Crippen LogP contribution in [0, 0.1) is 0 Å². The number of carboxylic acids is 1. The Bertz CT molecular complexity index is 1210. The maximum atomic E-state index is 12.6. The van der Waals surface area contributed by atoms with Gasteiger partial charge >= 0.3 is 12.1 Å². The molecule has 3 N–H and O–H groups in total. The Morgan fingerprint density at radius 2 is 1.69 bits per heavy atom. The van der Waals surface area contributed by atoms with Crippen molar-refractivity contribution in [1.29, 1.82) is 0 Å². The van der Waals surface area contributed by atoms with Gasteiger partial charge in [0, 0.05) is 23.3 Å². The fourth-order valence-corrected chi connectivity index (χ4v) is 4.86. The Labute approximate surface area is 207 Å². The number of fused-ring (bicyclic) bond motifs is 3. The van der Waals surface area contributed by atoms with Gasteiger partial charge in [0.05, 0.1) is 6.54 Å². The van der Waals surface area contributed by atoms with Crippen molar-refractivity contribution in [2.24, 2.45) is 0 Å². The zero-order valence-corrected chi connectivity index (χ0v) is 20.4. The first kappa shape index (κ1) is 24.4. The van der Waals surface area contributed by atoms with Crippen molar-refractivity contribution in [1.82, 2.24) is 15.6 Å². The number of hydrogen-bond donors (Lipinski definition) is 3. The molecule has 0 saturated heterocycles. The SMILES string of the molecule is CC(C)(CCC(=O)NCc1nc(C(=O)O)cs1)NC(=O)OCC1c2ccccc2-c2ccccc21. The number of aromatic carboxylic acids is 1. The Kier molecular flexibility index (Phi) is 7.16. The van der Waals surface area contributed by atoms with Gasteiger partial charge in [0.15, 0.2) is 5.69 Å². The summed E-state index contributed by atoms with van der Waals surface area (Å²) in [5, 5.41) is 16.5. The van der Waals surface area contributed by atoms with Gasteiger partial charge in [0.1, 0.15) is 11.6 Å². The lowest BCUT2D eigenvalue weighted by atomic mass is 9.98. The number of nitrogens with one attached hydrogen (secondary N) is 2. The molecule has 0 saturated carbocycles. The summed E-state index contributed by atoms with van der Waals surface area (Å²) in [7, 11) is 0. The van der Waals surface area contributed by atoms with E-state index in [0.717, 1.165) is 11.1 Å². The summed E-state index contributed by atoms with van der Waals surface area (Å²) in [6, 6.07) is 16.3. The van der Waals surface area contributed by atoms with Crippen molar-refractivity contribution in [3.63, 3.8) is 0 Å². The van der Waals surface area contributed by atoms with E-state index in [0.29, 0.717) is 11.4 Å². The van der Waals surface area contributed by atoms with E-state index >= 15 is 0 Å². The molecule has 0 unspecified atom stereocenters. The fourth-order valence-electron chi connectivity index (χ4n) is 4.15. The fraction of sp³-hybridized carbons (Fsp3) is 0.308. The van der Waals surface area contributed by atoms with E-state index in [2.05, 4.69) is 39.9 Å². The number of hydrogen-bond acceptors (Lipinski definition) is 6. The number of carboxylic acid groups (broad SMARTS) is 1. The largest absolute Gasteiger partial charge is 0.476 e. The maximum absolute atomic E-state index is 12.6. The molecular formula is C26H27N3O5S. The number of ether oxygens (including phenoxy) is 1. The molecule has 2 amide bonds. The summed E-state index contributed by atoms with van der Waals surface area (Å²) in [5.74, 6) is -1.33. The minimum Gasteiger partial charge on any atom is -0.476 e. The molecule has 182 valence electrons. The van der Waals surface area contributed by atoms with E-state index in [1.807, 2.05) is 38.1 Å². The third-order valence-corrected chi connectivity index (χ3v) is 6.82. The summed E-state index contributed by atoms with van der Waals surface area (Å²) in [5.41, 5.74) is 3.94. The molecule has 1 aromatic heterocycles. The summed E-state index contributed by atoms with van der Waals surface area (Å²) < 4.78 is 5.60. The van der Waals surface area contributed by atoms with Crippen LogP contribution in [-0.2, 0) is 16.1 Å². The van der Waals surface area contributed by atoms with E-state index in [9.17, 15) is 14.4 Å². The smallest absolute Gasteiger partial charge is 0.407 e. The summed E-state index contributed by atoms with van der Waals surface area (Å²) >= 11 is 1.18. The topological polar surface area (TPSA) is 118 Å². The molecule has 0 fully saturated rings. The number of aromatic nitrogens is 1. The second-order valence-corrected chi connectivity index (χ2v) is 9.99. The van der Waals surface area contributed by atoms with E-state index in [1.165, 1.54) is 27.8 Å². The summed E-state index contributed by atoms with van der Waals surface area (Å²) in [6.45, 7) is 4.06. The molecule has 0 spiro atoms. The highest BCUT2D eigenvalue weighted by Crippen LogP contribution is 2.44. The van der Waals surface area contributed by atoms with Gasteiger partial charge in [-0.15, -0.1) is 11.3 Å². The van der Waals surface area contributed by atoms with E-state index in [-0.39, 0.29) is 37.1 Å². The van der Waals surface area contributed by atoms with Gasteiger partial charge in [-0.05, 0) is 42.5 Å². The Morgan fingerprint density at radius 1 is 1.06 bits per heavy atom. The number of nitrogens with zero attached hydrogens (tertiary/aromatic N) is 1. The molecule has 1 aliphatic rings. The molecule has 0 aliphatic heterocycles. The van der Waals surface area contributed by atoms with Crippen LogP contribution in [0.4, 0.5) is 4.79 Å². The molecule has 3 aromatic rings. The van der Waals surface area contributed by atoms with Crippen LogP contribution in [0.25, 0.3) is 11.1 Å².